The smallest absolute Gasteiger partial charge is 0.460 e. The normalized spacial score (nSPS) is 14.4. The van der Waals surface area contributed by atoms with E-state index in [1.807, 2.05) is 0 Å². The number of ketones is 1. The van der Waals surface area contributed by atoms with Crippen LogP contribution in [0.5, 0.6) is 0 Å². The standard InChI is InChI=1S/C10H7F7N2O2/c1-19-4-5(3-18-19)6(20)2-7(21)8(11,12)9(13,14)10(15,16)17/h2-4,20H,1H3/b6-2-. The van der Waals surface area contributed by atoms with E-state index in [1.54, 1.807) is 0 Å². The van der Waals surface area contributed by atoms with Gasteiger partial charge in [-0.15, -0.1) is 0 Å². The molecule has 0 radical (unpaired) electrons. The molecule has 1 aromatic rings. The SMILES string of the molecule is Cn1cc(/C(O)=C/C(=O)C(F)(F)C(F)(F)C(F)(F)F)cn1. The van der Waals surface area contributed by atoms with E-state index in [1.165, 1.54) is 7.05 Å². The zero-order valence-electron chi connectivity index (χ0n) is 10.1. The Kier molecular flexibility index (Phi) is 4.08. The van der Waals surface area contributed by atoms with Crippen molar-refractivity contribution in [2.24, 2.45) is 7.05 Å². The molecule has 1 N–H and O–H groups in total. The van der Waals surface area contributed by atoms with Crippen molar-refractivity contribution in [3.8, 4) is 0 Å². The summed E-state index contributed by atoms with van der Waals surface area (Å²) in [5.41, 5.74) is -0.308. The predicted molar refractivity (Wildman–Crippen MR) is 54.8 cm³/mol. The van der Waals surface area contributed by atoms with Gasteiger partial charge in [0.1, 0.15) is 5.76 Å². The Hall–Kier alpha value is -2.07. The molecule has 1 rings (SSSR count). The second kappa shape index (κ2) is 5.04. The molecule has 0 saturated heterocycles. The van der Waals surface area contributed by atoms with Gasteiger partial charge in [0.2, 0.25) is 5.78 Å². The van der Waals surface area contributed by atoms with Crippen LogP contribution in [-0.4, -0.2) is 38.7 Å². The number of hydrogen-bond donors (Lipinski definition) is 1. The molecule has 0 unspecified atom stereocenters. The average Bonchev–Trinajstić information content (AvgIpc) is 2.74. The van der Waals surface area contributed by atoms with Gasteiger partial charge in [0.05, 0.1) is 11.8 Å². The maximum atomic E-state index is 13.0. The van der Waals surface area contributed by atoms with E-state index < -0.39 is 35.6 Å². The number of allylic oxidation sites excluding steroid dienone is 1. The Morgan fingerprint density at radius 2 is 1.76 bits per heavy atom. The van der Waals surface area contributed by atoms with Crippen molar-refractivity contribution in [2.75, 3.05) is 0 Å². The summed E-state index contributed by atoms with van der Waals surface area (Å²) < 4.78 is 87.8. The minimum atomic E-state index is -6.62. The van der Waals surface area contributed by atoms with Crippen molar-refractivity contribution in [3.05, 3.63) is 24.0 Å². The molecular formula is C10H7F7N2O2. The zero-order valence-corrected chi connectivity index (χ0v) is 10.1. The lowest BCUT2D eigenvalue weighted by Gasteiger charge is -2.26. The molecule has 0 aromatic carbocycles. The molecule has 0 fully saturated rings. The first kappa shape index (κ1) is 17.0. The second-order valence-electron chi connectivity index (χ2n) is 3.94. The van der Waals surface area contributed by atoms with Crippen LogP contribution >= 0.6 is 0 Å². The van der Waals surface area contributed by atoms with Crippen LogP contribution in [0, 0.1) is 0 Å². The number of hydrogen-bond acceptors (Lipinski definition) is 3. The van der Waals surface area contributed by atoms with Crippen LogP contribution in [-0.2, 0) is 11.8 Å². The summed E-state index contributed by atoms with van der Waals surface area (Å²) in [6.45, 7) is 0. The summed E-state index contributed by atoms with van der Waals surface area (Å²) in [6, 6.07) is 0. The molecule has 0 atom stereocenters. The van der Waals surface area contributed by atoms with Crippen molar-refractivity contribution < 1.29 is 40.6 Å². The summed E-state index contributed by atoms with van der Waals surface area (Å²) >= 11 is 0. The third-order valence-corrected chi connectivity index (χ3v) is 2.33. The van der Waals surface area contributed by atoms with Gasteiger partial charge >= 0.3 is 18.0 Å². The largest absolute Gasteiger partial charge is 0.507 e. The quantitative estimate of drug-likeness (QED) is 0.527. The number of alkyl halides is 7. The highest BCUT2D eigenvalue weighted by Gasteiger charge is 2.75. The number of aliphatic hydroxyl groups is 1. The lowest BCUT2D eigenvalue weighted by Crippen LogP contribution is -2.55. The number of rotatable bonds is 4. The van der Waals surface area contributed by atoms with E-state index in [0.717, 1.165) is 17.1 Å². The van der Waals surface area contributed by atoms with Crippen LogP contribution in [0.1, 0.15) is 5.56 Å². The molecule has 0 bridgehead atoms. The van der Waals surface area contributed by atoms with E-state index in [-0.39, 0.29) is 5.56 Å². The summed E-state index contributed by atoms with van der Waals surface area (Å²) in [6.07, 6.45) is -5.11. The summed E-state index contributed by atoms with van der Waals surface area (Å²) in [7, 11) is 1.35. The molecule has 4 nitrogen and oxygen atoms in total. The molecule has 0 aliphatic heterocycles. The molecule has 1 aromatic heterocycles. The third-order valence-electron chi connectivity index (χ3n) is 2.33. The zero-order chi connectivity index (χ0) is 16.6. The van der Waals surface area contributed by atoms with Gasteiger partial charge in [-0.1, -0.05) is 0 Å². The highest BCUT2D eigenvalue weighted by molar-refractivity contribution is 6.01. The summed E-state index contributed by atoms with van der Waals surface area (Å²) in [5, 5.41) is 12.7. The van der Waals surface area contributed by atoms with Crippen LogP contribution in [0.2, 0.25) is 0 Å². The maximum absolute atomic E-state index is 13.0. The van der Waals surface area contributed by atoms with Gasteiger partial charge in [-0.25, -0.2) is 0 Å². The van der Waals surface area contributed by atoms with Gasteiger partial charge in [-0.05, 0) is 0 Å². The highest BCUT2D eigenvalue weighted by Crippen LogP contribution is 2.47. The first-order valence-electron chi connectivity index (χ1n) is 5.07. The number of aromatic nitrogens is 2. The fourth-order valence-corrected chi connectivity index (χ4v) is 1.18. The lowest BCUT2D eigenvalue weighted by molar-refractivity contribution is -0.342. The van der Waals surface area contributed by atoms with Gasteiger partial charge in [0.15, 0.2) is 0 Å². The Morgan fingerprint density at radius 1 is 1.24 bits per heavy atom. The number of carbonyl (C=O) groups is 1. The minimum absolute atomic E-state index is 0.308. The van der Waals surface area contributed by atoms with Crippen LogP contribution in [0.25, 0.3) is 5.76 Å². The van der Waals surface area contributed by atoms with Crippen LogP contribution in [0.15, 0.2) is 18.5 Å². The van der Waals surface area contributed by atoms with E-state index in [9.17, 15) is 40.6 Å². The number of aliphatic hydroxyl groups excluding tert-OH is 1. The maximum Gasteiger partial charge on any atom is 0.460 e. The van der Waals surface area contributed by atoms with Crippen LogP contribution in [0.4, 0.5) is 30.7 Å². The van der Waals surface area contributed by atoms with E-state index in [0.29, 0.717) is 0 Å². The molecule has 21 heavy (non-hydrogen) atoms. The fraction of sp³-hybridized carbons (Fsp3) is 0.400. The Labute approximate surface area is 112 Å². The van der Waals surface area contributed by atoms with Crippen molar-refractivity contribution >= 4 is 11.5 Å². The van der Waals surface area contributed by atoms with E-state index >= 15 is 0 Å². The molecule has 0 saturated carbocycles. The first-order valence-corrected chi connectivity index (χ1v) is 5.07. The third kappa shape index (κ3) is 3.00. The molecule has 1 heterocycles. The topological polar surface area (TPSA) is 55.1 Å². The van der Waals surface area contributed by atoms with Crippen LogP contribution < -0.4 is 0 Å². The molecule has 11 heteroatoms. The Morgan fingerprint density at radius 3 is 2.14 bits per heavy atom. The van der Waals surface area contributed by atoms with Gasteiger partial charge < -0.3 is 5.11 Å². The summed E-state index contributed by atoms with van der Waals surface area (Å²) in [5.74, 6) is -16.7. The predicted octanol–water partition coefficient (Wildman–Crippen LogP) is 2.72. The summed E-state index contributed by atoms with van der Waals surface area (Å²) in [4.78, 5) is 11.0. The molecule has 0 amide bonds. The highest BCUT2D eigenvalue weighted by atomic mass is 19.4. The monoisotopic (exact) mass is 320 g/mol. The number of nitrogens with zero attached hydrogens (tertiary/aromatic N) is 2. The molecule has 0 spiro atoms. The lowest BCUT2D eigenvalue weighted by atomic mass is 10.1. The molecule has 0 aliphatic carbocycles. The number of halogens is 7. The van der Waals surface area contributed by atoms with Gasteiger partial charge in [0.25, 0.3) is 0 Å². The van der Waals surface area contributed by atoms with Crippen molar-refractivity contribution in [1.82, 2.24) is 9.78 Å². The van der Waals surface area contributed by atoms with Gasteiger partial charge in [-0.3, -0.25) is 9.48 Å². The van der Waals surface area contributed by atoms with Gasteiger partial charge in [0, 0.05) is 19.3 Å². The van der Waals surface area contributed by atoms with Crippen molar-refractivity contribution in [2.45, 2.75) is 18.0 Å². The molecular weight excluding hydrogens is 313 g/mol. The van der Waals surface area contributed by atoms with E-state index in [2.05, 4.69) is 5.10 Å². The minimum Gasteiger partial charge on any atom is -0.507 e. The van der Waals surface area contributed by atoms with Crippen LogP contribution in [0.3, 0.4) is 0 Å². The number of aryl methyl sites for hydroxylation is 1. The fourth-order valence-electron chi connectivity index (χ4n) is 1.18. The second-order valence-corrected chi connectivity index (χ2v) is 3.94. The number of carbonyl (C=O) groups excluding carboxylic acids is 1. The van der Waals surface area contributed by atoms with Crippen molar-refractivity contribution in [1.29, 1.82) is 0 Å². The average molecular weight is 320 g/mol. The molecule has 118 valence electrons. The van der Waals surface area contributed by atoms with E-state index in [4.69, 9.17) is 0 Å². The Bertz CT molecular complexity index is 574. The first-order chi connectivity index (χ1) is 9.30. The Balaban J connectivity index is 3.13. The van der Waals surface area contributed by atoms with Crippen molar-refractivity contribution in [3.63, 3.8) is 0 Å². The van der Waals surface area contributed by atoms with Gasteiger partial charge in [-0.2, -0.15) is 35.8 Å². The molecule has 0 aliphatic rings.